The second kappa shape index (κ2) is 7.99. The van der Waals surface area contributed by atoms with Crippen LogP contribution in [-0.2, 0) is 20.6 Å². The molecule has 1 aromatic carbocycles. The number of ether oxygens (including phenoxy) is 2. The molecule has 0 saturated heterocycles. The van der Waals surface area contributed by atoms with E-state index in [4.69, 9.17) is 14.6 Å². The number of aromatic nitrogens is 2. The molecule has 0 bridgehead atoms. The predicted octanol–water partition coefficient (Wildman–Crippen LogP) is 1.66. The average molecular weight is 371 g/mol. The van der Waals surface area contributed by atoms with Crippen LogP contribution >= 0.6 is 0 Å². The van der Waals surface area contributed by atoms with Gasteiger partial charge in [0.1, 0.15) is 0 Å². The van der Waals surface area contributed by atoms with Gasteiger partial charge in [-0.2, -0.15) is 0 Å². The number of amides is 1. The van der Waals surface area contributed by atoms with Crippen molar-refractivity contribution < 1.29 is 23.9 Å². The molecule has 10 heteroatoms. The Morgan fingerprint density at radius 1 is 1.46 bits per heavy atom. The fourth-order valence-electron chi connectivity index (χ4n) is 2.36. The molecule has 1 atom stereocenters. The smallest absolute Gasteiger partial charge is 0.411 e. The van der Waals surface area contributed by atoms with E-state index in [2.05, 4.69) is 15.3 Å². The third-order valence-electron chi connectivity index (χ3n) is 3.34. The van der Waals surface area contributed by atoms with Crippen molar-refractivity contribution in [3.8, 4) is 0 Å². The number of H-pyrrole nitrogens is 1. The van der Waals surface area contributed by atoms with Crippen molar-refractivity contribution in [2.24, 2.45) is 0 Å². The monoisotopic (exact) mass is 371 g/mol. The molecule has 0 spiro atoms. The Labute approximate surface area is 144 Å². The van der Waals surface area contributed by atoms with Gasteiger partial charge >= 0.3 is 10.8 Å². The topological polar surface area (TPSA) is 120 Å². The predicted molar refractivity (Wildman–Crippen MR) is 94.5 cm³/mol. The van der Waals surface area contributed by atoms with Crippen LogP contribution in [0.15, 0.2) is 23.1 Å². The summed E-state index contributed by atoms with van der Waals surface area (Å²) in [5.74, 6) is 0.117. The van der Waals surface area contributed by atoms with Crippen LogP contribution in [0.5, 0.6) is 0 Å². The number of nitrogens with zero attached hydrogens (tertiary/aromatic N) is 1. The molecule has 2 rings (SSSR count). The lowest BCUT2D eigenvalue weighted by Gasteiger charge is -2.33. The van der Waals surface area contributed by atoms with Crippen molar-refractivity contribution in [2.45, 2.75) is 30.0 Å². The van der Waals surface area contributed by atoms with Gasteiger partial charge in [0.05, 0.1) is 24.2 Å². The van der Waals surface area contributed by atoms with Gasteiger partial charge in [-0.25, -0.2) is 9.78 Å². The summed E-state index contributed by atoms with van der Waals surface area (Å²) in [7, 11) is -0.916. The van der Waals surface area contributed by atoms with Gasteiger partial charge in [-0.05, 0) is 26.0 Å². The van der Waals surface area contributed by atoms with Gasteiger partial charge in [0.15, 0.2) is 14.4 Å². The molecule has 3 N–H and O–H groups in total. The Kier molecular flexibility index (Phi) is 6.24. The van der Waals surface area contributed by atoms with Crippen molar-refractivity contribution in [3.63, 3.8) is 0 Å². The molecule has 0 aliphatic rings. The first-order valence-corrected chi connectivity index (χ1v) is 10.9. The number of carbonyl (C=O) groups is 1. The van der Waals surface area contributed by atoms with Gasteiger partial charge in [0, 0.05) is 17.2 Å². The molecule has 1 amide bonds. The zero-order valence-electron chi connectivity index (χ0n) is 13.8. The highest BCUT2D eigenvalue weighted by Gasteiger charge is 2.44. The van der Waals surface area contributed by atoms with Crippen molar-refractivity contribution >= 4 is 43.8 Å². The number of aromatic amines is 1. The van der Waals surface area contributed by atoms with Crippen molar-refractivity contribution in [3.05, 3.63) is 18.2 Å². The van der Waals surface area contributed by atoms with Crippen molar-refractivity contribution in [2.75, 3.05) is 18.5 Å². The highest BCUT2D eigenvalue weighted by Crippen LogP contribution is 2.30. The Bertz CT molecular complexity index is 705. The third-order valence-corrected chi connectivity index (χ3v) is 7.75. The second-order valence-corrected chi connectivity index (χ2v) is 8.65. The number of anilines is 1. The number of fused-ring (bicyclic) bond motifs is 1. The van der Waals surface area contributed by atoms with Gasteiger partial charge in [-0.3, -0.25) is 5.32 Å². The lowest BCUT2D eigenvalue weighted by molar-refractivity contribution is -0.116. The van der Waals surface area contributed by atoms with E-state index >= 15 is 0 Å². The fraction of sp³-hybridized carbons (Fsp3) is 0.429. The minimum absolute atomic E-state index is 0.117. The average Bonchev–Trinajstić information content (AvgIpc) is 2.94. The van der Waals surface area contributed by atoms with E-state index in [0.717, 1.165) is 0 Å². The molecule has 132 valence electrons. The molecule has 0 aliphatic heterocycles. The Morgan fingerprint density at radius 2 is 2.12 bits per heavy atom. The number of hydrogen-bond donors (Lipinski definition) is 3. The minimum Gasteiger partial charge on any atom is -0.608 e. The number of rotatable bonds is 8. The first-order valence-electron chi connectivity index (χ1n) is 7.65. The minimum atomic E-state index is -1.51. The first kappa shape index (κ1) is 18.7. The standard InChI is InChI=1S/C14H21N3O5SSi/c1-4-21-14(24-3,22-5-2)23(20)9-6-7-10-11(8-9)16-12(15-10)17-13(18)19/h6-8H,4-5,24H2,1-3H3,(H,18,19)(H2,15,16,17). The lowest BCUT2D eigenvalue weighted by atomic mass is 10.3. The van der Waals surface area contributed by atoms with Crippen LogP contribution in [0.4, 0.5) is 10.7 Å². The summed E-state index contributed by atoms with van der Waals surface area (Å²) < 4.78 is 23.4. The molecule has 0 fully saturated rings. The summed E-state index contributed by atoms with van der Waals surface area (Å²) in [6.07, 6.45) is -1.21. The molecule has 2 aromatic rings. The number of nitrogens with one attached hydrogen (secondary N) is 2. The number of hydrogen-bond acceptors (Lipinski definition) is 5. The zero-order valence-corrected chi connectivity index (χ0v) is 16.0. The Hall–Kier alpha value is -1.59. The molecule has 1 aromatic heterocycles. The highest BCUT2D eigenvalue weighted by atomic mass is 32.2. The van der Waals surface area contributed by atoms with Crippen LogP contribution in [0.1, 0.15) is 13.8 Å². The van der Waals surface area contributed by atoms with E-state index < -0.39 is 31.5 Å². The van der Waals surface area contributed by atoms with Gasteiger partial charge < -0.3 is 24.1 Å². The maximum absolute atomic E-state index is 13.1. The van der Waals surface area contributed by atoms with Crippen LogP contribution in [0.2, 0.25) is 6.55 Å². The lowest BCUT2D eigenvalue weighted by Crippen LogP contribution is -2.48. The summed E-state index contributed by atoms with van der Waals surface area (Å²) in [5, 5.41) is 10.9. The highest BCUT2D eigenvalue weighted by molar-refractivity contribution is 7.93. The van der Waals surface area contributed by atoms with E-state index in [1.54, 1.807) is 18.2 Å². The molecular weight excluding hydrogens is 350 g/mol. The summed E-state index contributed by atoms with van der Waals surface area (Å²) >= 11 is -1.51. The molecule has 0 saturated carbocycles. The van der Waals surface area contributed by atoms with E-state index in [1.165, 1.54) is 0 Å². The maximum atomic E-state index is 13.1. The molecule has 0 aliphatic carbocycles. The normalized spacial score (nSPS) is 13.7. The van der Waals surface area contributed by atoms with Crippen LogP contribution < -0.4 is 5.32 Å². The number of imidazole rings is 1. The largest absolute Gasteiger partial charge is 0.608 e. The van der Waals surface area contributed by atoms with Crippen LogP contribution in [0.3, 0.4) is 0 Å². The molecular formula is C14H21N3O5SSi. The van der Waals surface area contributed by atoms with E-state index in [0.29, 0.717) is 29.1 Å². The van der Waals surface area contributed by atoms with E-state index in [1.807, 2.05) is 20.4 Å². The summed E-state index contributed by atoms with van der Waals surface area (Å²) in [5.41, 5.74) is 1.16. The molecule has 0 radical (unpaired) electrons. The molecule has 1 unspecified atom stereocenters. The van der Waals surface area contributed by atoms with Gasteiger partial charge in [-0.1, -0.05) is 6.55 Å². The SMILES string of the molecule is CCOC(OCC)([SiH2]C)[S+]([O-])c1ccc2[nH]c(NC(=O)O)nc2c1. The van der Waals surface area contributed by atoms with E-state index in [-0.39, 0.29) is 5.95 Å². The fourth-order valence-corrected chi connectivity index (χ4v) is 5.95. The van der Waals surface area contributed by atoms with Crippen LogP contribution in [-0.4, -0.2) is 53.2 Å². The van der Waals surface area contributed by atoms with Gasteiger partial charge in [0.25, 0.3) is 0 Å². The van der Waals surface area contributed by atoms with Gasteiger partial charge in [-0.15, -0.1) is 0 Å². The maximum Gasteiger partial charge on any atom is 0.411 e. The number of carboxylic acid groups (broad SMARTS) is 1. The van der Waals surface area contributed by atoms with Crippen molar-refractivity contribution in [1.29, 1.82) is 0 Å². The Morgan fingerprint density at radius 3 is 2.67 bits per heavy atom. The van der Waals surface area contributed by atoms with Crippen molar-refractivity contribution in [1.82, 2.24) is 9.97 Å². The number of benzene rings is 1. The molecule has 24 heavy (non-hydrogen) atoms. The quantitative estimate of drug-likeness (QED) is 0.369. The summed E-state index contributed by atoms with van der Waals surface area (Å²) in [6, 6.07) is 5.08. The third kappa shape index (κ3) is 3.90. The first-order chi connectivity index (χ1) is 11.5. The van der Waals surface area contributed by atoms with Gasteiger partial charge in [0.2, 0.25) is 5.95 Å². The molecule has 1 heterocycles. The summed E-state index contributed by atoms with van der Waals surface area (Å²) in [6.45, 7) is 6.49. The van der Waals surface area contributed by atoms with E-state index in [9.17, 15) is 9.35 Å². The van der Waals surface area contributed by atoms with Crippen LogP contribution in [0.25, 0.3) is 11.0 Å². The van der Waals surface area contributed by atoms with Crippen LogP contribution in [0, 0.1) is 0 Å². The Balaban J connectivity index is 2.36. The summed E-state index contributed by atoms with van der Waals surface area (Å²) in [4.78, 5) is 18.2. The molecule has 8 nitrogen and oxygen atoms in total. The zero-order chi connectivity index (χ0) is 17.7. The second-order valence-electron chi connectivity index (χ2n) is 4.87.